The molecule has 17 heavy (non-hydrogen) atoms. The highest BCUT2D eigenvalue weighted by Crippen LogP contribution is 2.11. The van der Waals surface area contributed by atoms with Gasteiger partial charge in [-0.15, -0.1) is 6.58 Å². The Labute approximate surface area is 110 Å². The third-order valence-electron chi connectivity index (χ3n) is 2.44. The first-order chi connectivity index (χ1) is 7.97. The van der Waals surface area contributed by atoms with Crippen molar-refractivity contribution < 1.29 is 13.0 Å². The molecule has 0 aromatic heterocycles. The molecule has 0 spiro atoms. The standard InChI is InChI=1S/C11H24O3Si3/c1-6-9-17(12,13-15-10(4)7-2)14-16-11(5)8-3/h6-8,12H,1,9,15-16H2,2-5H3. The maximum Gasteiger partial charge on any atom is 0.480 e. The lowest BCUT2D eigenvalue weighted by molar-refractivity contribution is 0.269. The van der Waals surface area contributed by atoms with E-state index in [1.54, 1.807) is 6.08 Å². The minimum atomic E-state index is -2.98. The van der Waals surface area contributed by atoms with Crippen molar-refractivity contribution in [1.82, 2.24) is 0 Å². The smallest absolute Gasteiger partial charge is 0.417 e. The van der Waals surface area contributed by atoms with E-state index >= 15 is 0 Å². The van der Waals surface area contributed by atoms with Crippen LogP contribution >= 0.6 is 0 Å². The minimum absolute atomic E-state index is 0.445. The van der Waals surface area contributed by atoms with Crippen molar-refractivity contribution >= 4 is 28.3 Å². The fourth-order valence-corrected chi connectivity index (χ4v) is 7.31. The van der Waals surface area contributed by atoms with E-state index in [-0.39, 0.29) is 0 Å². The number of hydrogen-bond donors (Lipinski definition) is 1. The SMILES string of the molecule is C=CC[Si](O)(O[SiH2]C(C)=CC)O[SiH2]C(C)=CC. The molecule has 0 aromatic carbocycles. The first-order valence-corrected chi connectivity index (χ1v) is 10.4. The molecule has 0 atom stereocenters. The molecular weight excluding hydrogens is 264 g/mol. The minimum Gasteiger partial charge on any atom is -0.417 e. The molecule has 0 amide bonds. The molecule has 98 valence electrons. The van der Waals surface area contributed by atoms with Crippen LogP contribution in [0.5, 0.6) is 0 Å². The van der Waals surface area contributed by atoms with E-state index in [9.17, 15) is 4.80 Å². The van der Waals surface area contributed by atoms with Crippen molar-refractivity contribution in [3.05, 3.63) is 35.2 Å². The van der Waals surface area contributed by atoms with Crippen LogP contribution in [0.4, 0.5) is 0 Å². The van der Waals surface area contributed by atoms with Gasteiger partial charge in [-0.2, -0.15) is 0 Å². The number of rotatable bonds is 8. The second-order valence-electron chi connectivity index (χ2n) is 4.05. The lowest BCUT2D eigenvalue weighted by Gasteiger charge is -2.24. The van der Waals surface area contributed by atoms with Gasteiger partial charge in [0.25, 0.3) is 0 Å². The van der Waals surface area contributed by atoms with Gasteiger partial charge in [0.2, 0.25) is 0 Å². The van der Waals surface area contributed by atoms with Crippen molar-refractivity contribution in [1.29, 1.82) is 0 Å². The topological polar surface area (TPSA) is 38.7 Å². The van der Waals surface area contributed by atoms with Gasteiger partial charge in [-0.05, 0) is 27.7 Å². The second kappa shape index (κ2) is 8.79. The lowest BCUT2D eigenvalue weighted by Crippen LogP contribution is -2.44. The molecule has 0 radical (unpaired) electrons. The summed E-state index contributed by atoms with van der Waals surface area (Å²) in [6.07, 6.45) is 5.75. The van der Waals surface area contributed by atoms with Crippen molar-refractivity contribution in [2.75, 3.05) is 0 Å². The summed E-state index contributed by atoms with van der Waals surface area (Å²) >= 11 is 0. The molecule has 0 aromatic rings. The highest BCUT2D eigenvalue weighted by Gasteiger charge is 2.34. The van der Waals surface area contributed by atoms with E-state index in [1.165, 1.54) is 10.4 Å². The molecule has 0 aliphatic heterocycles. The average molecular weight is 289 g/mol. The highest BCUT2D eigenvalue weighted by atomic mass is 28.4. The number of hydrogen-bond acceptors (Lipinski definition) is 3. The van der Waals surface area contributed by atoms with Crippen LogP contribution in [-0.2, 0) is 8.23 Å². The normalized spacial score (nSPS) is 18.2. The van der Waals surface area contributed by atoms with Crippen LogP contribution in [0.15, 0.2) is 35.2 Å². The fraction of sp³-hybridized carbons (Fsp3) is 0.455. The van der Waals surface area contributed by atoms with Gasteiger partial charge < -0.3 is 13.0 Å². The molecule has 6 heteroatoms. The van der Waals surface area contributed by atoms with E-state index in [1.807, 2.05) is 39.8 Å². The van der Waals surface area contributed by atoms with E-state index in [0.29, 0.717) is 6.04 Å². The van der Waals surface area contributed by atoms with Crippen molar-refractivity contribution in [2.45, 2.75) is 33.7 Å². The molecule has 1 N–H and O–H groups in total. The zero-order valence-corrected chi connectivity index (χ0v) is 15.2. The third-order valence-corrected chi connectivity index (χ3v) is 9.73. The zero-order chi connectivity index (χ0) is 13.3. The maximum absolute atomic E-state index is 10.3. The van der Waals surface area contributed by atoms with Gasteiger partial charge in [-0.3, -0.25) is 0 Å². The van der Waals surface area contributed by atoms with Crippen LogP contribution < -0.4 is 0 Å². The molecule has 0 unspecified atom stereocenters. The van der Waals surface area contributed by atoms with Crippen LogP contribution in [0.2, 0.25) is 6.04 Å². The Morgan fingerprint density at radius 3 is 1.88 bits per heavy atom. The molecule has 0 heterocycles. The van der Waals surface area contributed by atoms with Gasteiger partial charge in [-0.1, -0.05) is 28.6 Å². The molecule has 0 fully saturated rings. The van der Waals surface area contributed by atoms with Crippen molar-refractivity contribution in [3.63, 3.8) is 0 Å². The first-order valence-electron chi connectivity index (χ1n) is 5.82. The Balaban J connectivity index is 4.39. The van der Waals surface area contributed by atoms with Gasteiger partial charge in [0, 0.05) is 6.04 Å². The molecule has 0 aliphatic rings. The zero-order valence-electron chi connectivity index (χ0n) is 11.3. The summed E-state index contributed by atoms with van der Waals surface area (Å²) in [6, 6.07) is 0.445. The predicted molar refractivity (Wildman–Crippen MR) is 81.1 cm³/mol. The lowest BCUT2D eigenvalue weighted by atomic mass is 10.6. The Bertz CT molecular complexity index is 278. The van der Waals surface area contributed by atoms with E-state index in [0.717, 1.165) is 0 Å². The summed E-state index contributed by atoms with van der Waals surface area (Å²) < 4.78 is 11.4. The van der Waals surface area contributed by atoms with Crippen molar-refractivity contribution in [2.24, 2.45) is 0 Å². The monoisotopic (exact) mass is 288 g/mol. The molecule has 0 aliphatic carbocycles. The van der Waals surface area contributed by atoms with E-state index < -0.39 is 28.3 Å². The van der Waals surface area contributed by atoms with Gasteiger partial charge >= 0.3 is 8.80 Å². The predicted octanol–water partition coefficient (Wildman–Crippen LogP) is 1.15. The molecule has 0 rings (SSSR count). The van der Waals surface area contributed by atoms with Crippen LogP contribution in [0.1, 0.15) is 27.7 Å². The van der Waals surface area contributed by atoms with Crippen LogP contribution in [0.25, 0.3) is 0 Å². The van der Waals surface area contributed by atoms with Gasteiger partial charge in [0.05, 0.1) is 0 Å². The van der Waals surface area contributed by atoms with Crippen LogP contribution in [-0.4, -0.2) is 33.1 Å². The summed E-state index contributed by atoms with van der Waals surface area (Å²) in [4.78, 5) is 10.3. The summed E-state index contributed by atoms with van der Waals surface area (Å²) in [5, 5.41) is 2.46. The maximum atomic E-state index is 10.3. The Hall–Kier alpha value is -0.249. The largest absolute Gasteiger partial charge is 0.480 e. The Morgan fingerprint density at radius 2 is 1.59 bits per heavy atom. The third kappa shape index (κ3) is 7.63. The molecular formula is C11H24O3Si3. The highest BCUT2D eigenvalue weighted by molar-refractivity contribution is 6.71. The Morgan fingerprint density at radius 1 is 1.18 bits per heavy atom. The summed E-state index contributed by atoms with van der Waals surface area (Å²) in [5.74, 6) is 0. The van der Waals surface area contributed by atoms with Gasteiger partial charge in [-0.25, -0.2) is 0 Å². The second-order valence-corrected chi connectivity index (χ2v) is 11.0. The van der Waals surface area contributed by atoms with E-state index in [2.05, 4.69) is 6.58 Å². The molecule has 0 saturated carbocycles. The first kappa shape index (κ1) is 16.8. The molecule has 0 saturated heterocycles. The Kier molecular flexibility index (Phi) is 8.66. The number of allylic oxidation sites excluding steroid dienone is 5. The van der Waals surface area contributed by atoms with Crippen LogP contribution in [0, 0.1) is 0 Å². The summed E-state index contributed by atoms with van der Waals surface area (Å²) in [7, 11) is -4.66. The van der Waals surface area contributed by atoms with Gasteiger partial charge in [0.1, 0.15) is 0 Å². The molecule has 0 bridgehead atoms. The van der Waals surface area contributed by atoms with Crippen molar-refractivity contribution in [3.8, 4) is 0 Å². The average Bonchev–Trinajstić information content (AvgIpc) is 2.33. The quantitative estimate of drug-likeness (QED) is 0.538. The molecule has 3 nitrogen and oxygen atoms in total. The fourth-order valence-electron chi connectivity index (χ4n) is 0.962. The van der Waals surface area contributed by atoms with Gasteiger partial charge in [0.15, 0.2) is 19.5 Å². The van der Waals surface area contributed by atoms with Crippen LogP contribution in [0.3, 0.4) is 0 Å². The summed E-state index contributed by atoms with van der Waals surface area (Å²) in [5.41, 5.74) is 0. The van der Waals surface area contributed by atoms with E-state index in [4.69, 9.17) is 8.23 Å². The summed E-state index contributed by atoms with van der Waals surface area (Å²) in [6.45, 7) is 11.7.